The van der Waals surface area contributed by atoms with Gasteiger partial charge in [0, 0.05) is 6.20 Å². The van der Waals surface area contributed by atoms with E-state index in [0.29, 0.717) is 17.3 Å². The Morgan fingerprint density at radius 3 is 2.64 bits per heavy atom. The van der Waals surface area contributed by atoms with Crippen molar-refractivity contribution in [1.82, 2.24) is 4.98 Å². The lowest BCUT2D eigenvalue weighted by molar-refractivity contribution is -0.138. The number of allylic oxidation sites excluding steroid dienone is 2. The topological polar surface area (TPSA) is 33.1 Å². The lowest BCUT2D eigenvalue weighted by Gasteiger charge is -2.61. The van der Waals surface area contributed by atoms with Gasteiger partial charge in [-0.25, -0.2) is 4.39 Å². The quantitative estimate of drug-likeness (QED) is 0.644. The molecule has 4 unspecified atom stereocenters. The van der Waals surface area contributed by atoms with E-state index in [1.165, 1.54) is 43.9 Å². The molecule has 1 heterocycles. The molecule has 5 rings (SSSR count). The third-order valence-corrected chi connectivity index (χ3v) is 9.55. The summed E-state index contributed by atoms with van der Waals surface area (Å²) in [6, 6.07) is 1.67. The van der Waals surface area contributed by atoms with E-state index in [4.69, 9.17) is 0 Å². The highest BCUT2D eigenvalue weighted by molar-refractivity contribution is 5.72. The maximum Gasteiger partial charge on any atom is 0.142 e. The van der Waals surface area contributed by atoms with Gasteiger partial charge >= 0.3 is 0 Å². The first-order chi connectivity index (χ1) is 13.2. The zero-order chi connectivity index (χ0) is 19.7. The Bertz CT molecular complexity index is 817. The molecule has 0 amide bonds. The smallest absolute Gasteiger partial charge is 0.142 e. The standard InChI is InChI=1S/C25H34FNO/c1-23(28)10-11-24(2)17(13-23)4-5-19-21-7-6-20(16-12-18(26)15-27-14-16)25(21,3)9-8-22(19)24/h6,12,14-15,17,19,21-22,28H,4-5,7-11,13H2,1-3H3/t17?,19?,21?,22?,23-,24+,25-/m1/s1. The minimum absolute atomic E-state index is 0.153. The summed E-state index contributed by atoms with van der Waals surface area (Å²) in [4.78, 5) is 4.12. The monoisotopic (exact) mass is 383 g/mol. The van der Waals surface area contributed by atoms with Crippen molar-refractivity contribution in [3.05, 3.63) is 35.9 Å². The maximum atomic E-state index is 13.8. The number of rotatable bonds is 1. The third kappa shape index (κ3) is 2.65. The first-order valence-electron chi connectivity index (χ1n) is 11.3. The first-order valence-corrected chi connectivity index (χ1v) is 11.3. The molecule has 28 heavy (non-hydrogen) atoms. The molecule has 3 heteroatoms. The molecule has 4 aliphatic carbocycles. The Morgan fingerprint density at radius 1 is 1.04 bits per heavy atom. The highest BCUT2D eigenvalue weighted by Gasteiger charge is 2.59. The molecule has 2 nitrogen and oxygen atoms in total. The molecule has 3 fully saturated rings. The van der Waals surface area contributed by atoms with Gasteiger partial charge in [-0.3, -0.25) is 4.98 Å². The molecule has 1 aromatic heterocycles. The number of nitrogens with zero attached hydrogens (tertiary/aromatic N) is 1. The number of fused-ring (bicyclic) bond motifs is 5. The summed E-state index contributed by atoms with van der Waals surface area (Å²) in [7, 11) is 0. The summed E-state index contributed by atoms with van der Waals surface area (Å²) in [5, 5.41) is 10.7. The van der Waals surface area contributed by atoms with Crippen LogP contribution < -0.4 is 0 Å². The fourth-order valence-electron chi connectivity index (χ4n) is 8.01. The first kappa shape index (κ1) is 18.8. The van der Waals surface area contributed by atoms with Gasteiger partial charge in [0.05, 0.1) is 11.8 Å². The number of hydrogen-bond donors (Lipinski definition) is 1. The van der Waals surface area contributed by atoms with Crippen LogP contribution in [-0.4, -0.2) is 15.7 Å². The largest absolute Gasteiger partial charge is 0.390 e. The number of hydrogen-bond acceptors (Lipinski definition) is 2. The summed E-state index contributed by atoms with van der Waals surface area (Å²) in [6.07, 6.45) is 14.8. The van der Waals surface area contributed by atoms with Crippen LogP contribution >= 0.6 is 0 Å². The van der Waals surface area contributed by atoms with Crippen molar-refractivity contribution >= 4 is 5.57 Å². The Balaban J connectivity index is 1.43. The van der Waals surface area contributed by atoms with Gasteiger partial charge in [0.2, 0.25) is 0 Å². The third-order valence-electron chi connectivity index (χ3n) is 9.55. The van der Waals surface area contributed by atoms with Crippen molar-refractivity contribution in [2.45, 2.75) is 77.7 Å². The normalized spacial score (nSPS) is 47.7. The summed E-state index contributed by atoms with van der Waals surface area (Å²) >= 11 is 0. The maximum absolute atomic E-state index is 13.8. The van der Waals surface area contributed by atoms with E-state index < -0.39 is 5.60 Å². The second-order valence-corrected chi connectivity index (χ2v) is 11.1. The predicted molar refractivity (Wildman–Crippen MR) is 110 cm³/mol. The van der Waals surface area contributed by atoms with E-state index in [1.54, 1.807) is 6.07 Å². The Kier molecular flexibility index (Phi) is 4.12. The van der Waals surface area contributed by atoms with Crippen molar-refractivity contribution in [3.8, 4) is 0 Å². The number of aromatic nitrogens is 1. The van der Waals surface area contributed by atoms with Gasteiger partial charge in [0.1, 0.15) is 5.82 Å². The highest BCUT2D eigenvalue weighted by atomic mass is 19.1. The van der Waals surface area contributed by atoms with E-state index in [9.17, 15) is 9.50 Å². The van der Waals surface area contributed by atoms with E-state index >= 15 is 0 Å². The molecule has 1 aromatic rings. The SMILES string of the molecule is C[C@@]1(O)CC[C@@]2(C)C(CCC3C2CC[C@]2(C)C(c4cncc(F)c4)=CCC32)C1. The minimum Gasteiger partial charge on any atom is -0.390 e. The van der Waals surface area contributed by atoms with Crippen molar-refractivity contribution in [1.29, 1.82) is 0 Å². The van der Waals surface area contributed by atoms with Crippen LogP contribution in [0.15, 0.2) is 24.5 Å². The highest BCUT2D eigenvalue weighted by Crippen LogP contribution is 2.67. The van der Waals surface area contributed by atoms with E-state index in [0.717, 1.165) is 36.7 Å². The molecule has 1 N–H and O–H groups in total. The van der Waals surface area contributed by atoms with Crippen LogP contribution in [0.4, 0.5) is 4.39 Å². The fraction of sp³-hybridized carbons (Fsp3) is 0.720. The predicted octanol–water partition coefficient (Wildman–Crippen LogP) is 6.01. The van der Waals surface area contributed by atoms with Crippen LogP contribution in [-0.2, 0) is 0 Å². The Labute approximate surface area is 168 Å². The molecule has 0 aliphatic heterocycles. The van der Waals surface area contributed by atoms with Gasteiger partial charge in [-0.2, -0.15) is 0 Å². The lowest BCUT2D eigenvalue weighted by atomic mass is 9.44. The molecular formula is C25H34FNO. The number of pyridine rings is 1. The van der Waals surface area contributed by atoms with Crippen LogP contribution in [0, 0.1) is 40.3 Å². The minimum atomic E-state index is -0.466. The van der Waals surface area contributed by atoms with Gasteiger partial charge in [0.15, 0.2) is 0 Å². The molecule has 152 valence electrons. The van der Waals surface area contributed by atoms with Gasteiger partial charge in [-0.15, -0.1) is 0 Å². The van der Waals surface area contributed by atoms with Crippen LogP contribution in [0.2, 0.25) is 0 Å². The van der Waals surface area contributed by atoms with E-state index in [1.807, 2.05) is 13.1 Å². The van der Waals surface area contributed by atoms with Crippen molar-refractivity contribution in [2.75, 3.05) is 0 Å². The van der Waals surface area contributed by atoms with Crippen molar-refractivity contribution < 1.29 is 9.50 Å². The zero-order valence-electron chi connectivity index (χ0n) is 17.5. The second-order valence-electron chi connectivity index (χ2n) is 11.1. The molecule has 4 aliphatic rings. The van der Waals surface area contributed by atoms with Crippen LogP contribution in [0.25, 0.3) is 5.57 Å². The Hall–Kier alpha value is -1.22. The molecular weight excluding hydrogens is 349 g/mol. The molecule has 0 aromatic carbocycles. The van der Waals surface area contributed by atoms with Gasteiger partial charge in [-0.1, -0.05) is 19.9 Å². The average molecular weight is 384 g/mol. The zero-order valence-corrected chi connectivity index (χ0v) is 17.5. The van der Waals surface area contributed by atoms with Crippen LogP contribution in [0.3, 0.4) is 0 Å². The summed E-state index contributed by atoms with van der Waals surface area (Å²) < 4.78 is 13.8. The number of halogens is 1. The van der Waals surface area contributed by atoms with Crippen molar-refractivity contribution in [2.24, 2.45) is 34.5 Å². The van der Waals surface area contributed by atoms with Gasteiger partial charge < -0.3 is 5.11 Å². The molecule has 0 bridgehead atoms. The van der Waals surface area contributed by atoms with Gasteiger partial charge in [0.25, 0.3) is 0 Å². The second kappa shape index (κ2) is 6.14. The lowest BCUT2D eigenvalue weighted by Crippen LogP contribution is -2.55. The van der Waals surface area contributed by atoms with Crippen LogP contribution in [0.1, 0.15) is 77.7 Å². The molecule has 0 spiro atoms. The summed E-state index contributed by atoms with van der Waals surface area (Å²) in [5.74, 6) is 2.64. The van der Waals surface area contributed by atoms with Crippen molar-refractivity contribution in [3.63, 3.8) is 0 Å². The molecule has 0 radical (unpaired) electrons. The molecule has 7 atom stereocenters. The summed E-state index contributed by atoms with van der Waals surface area (Å²) in [5.41, 5.74) is 2.39. The van der Waals surface area contributed by atoms with Gasteiger partial charge in [-0.05, 0) is 110 Å². The van der Waals surface area contributed by atoms with E-state index in [-0.39, 0.29) is 11.2 Å². The summed E-state index contributed by atoms with van der Waals surface area (Å²) in [6.45, 7) is 7.00. The van der Waals surface area contributed by atoms with E-state index in [2.05, 4.69) is 24.9 Å². The Morgan fingerprint density at radius 2 is 1.86 bits per heavy atom. The van der Waals surface area contributed by atoms with Crippen LogP contribution in [0.5, 0.6) is 0 Å². The number of aliphatic hydroxyl groups is 1. The fourth-order valence-corrected chi connectivity index (χ4v) is 8.01. The molecule has 0 saturated heterocycles. The molecule has 3 saturated carbocycles. The average Bonchev–Trinajstić information content (AvgIpc) is 2.99.